The van der Waals surface area contributed by atoms with Crippen molar-refractivity contribution in [3.63, 3.8) is 0 Å². The zero-order valence-electron chi connectivity index (χ0n) is 11.9. The van der Waals surface area contributed by atoms with Gasteiger partial charge in [-0.3, -0.25) is 9.59 Å². The summed E-state index contributed by atoms with van der Waals surface area (Å²) in [5.74, 6) is -6.89. The summed E-state index contributed by atoms with van der Waals surface area (Å²) < 4.78 is 76.6. The molecule has 2 rings (SSSR count). The van der Waals surface area contributed by atoms with E-state index in [1.165, 1.54) is 0 Å². The molecule has 1 aliphatic heterocycles. The van der Waals surface area contributed by atoms with E-state index < -0.39 is 60.3 Å². The molecule has 1 saturated heterocycles. The lowest BCUT2D eigenvalue weighted by atomic mass is 9.96. The van der Waals surface area contributed by atoms with Crippen LogP contribution >= 0.6 is 0 Å². The molecule has 0 aliphatic carbocycles. The maximum absolute atomic E-state index is 12.9. The number of likely N-dealkylation sites (tertiary alicyclic amines) is 1. The van der Waals surface area contributed by atoms with Crippen LogP contribution in [0.1, 0.15) is 15.9 Å². The molecule has 24 heavy (non-hydrogen) atoms. The van der Waals surface area contributed by atoms with Gasteiger partial charge < -0.3 is 10.0 Å². The molecule has 1 aromatic carbocycles. The first-order valence-electron chi connectivity index (χ1n) is 6.67. The first-order chi connectivity index (χ1) is 10.9. The fraction of sp³-hybridized carbons (Fsp3) is 0.429. The summed E-state index contributed by atoms with van der Waals surface area (Å²) >= 11 is 0. The Morgan fingerprint density at radius 2 is 1.71 bits per heavy atom. The van der Waals surface area contributed by atoms with Crippen molar-refractivity contribution in [2.75, 3.05) is 13.1 Å². The number of carboxylic acids is 1. The zero-order valence-corrected chi connectivity index (χ0v) is 11.9. The van der Waals surface area contributed by atoms with E-state index in [-0.39, 0.29) is 0 Å². The Bertz CT molecular complexity index is 655. The summed E-state index contributed by atoms with van der Waals surface area (Å²) in [5.41, 5.74) is -1.56. The van der Waals surface area contributed by atoms with Crippen LogP contribution in [0.2, 0.25) is 0 Å². The second kappa shape index (κ2) is 5.99. The number of benzene rings is 1. The van der Waals surface area contributed by atoms with Crippen LogP contribution < -0.4 is 0 Å². The molecular formula is C14H11F6NO3. The van der Waals surface area contributed by atoms with Crippen LogP contribution in [-0.2, 0) is 11.0 Å². The third kappa shape index (κ3) is 3.62. The molecular weight excluding hydrogens is 344 g/mol. The SMILES string of the molecule is O=C(O)[C@@H]1CN(C(=O)c2cccc(C(F)(F)F)c2)C[C@H]1C(F)(F)F. The van der Waals surface area contributed by atoms with Crippen molar-refractivity contribution in [1.29, 1.82) is 0 Å². The lowest BCUT2D eigenvalue weighted by Crippen LogP contribution is -2.34. The van der Waals surface area contributed by atoms with Gasteiger partial charge in [0.25, 0.3) is 5.91 Å². The van der Waals surface area contributed by atoms with Crippen molar-refractivity contribution in [2.24, 2.45) is 11.8 Å². The van der Waals surface area contributed by atoms with Gasteiger partial charge in [-0.15, -0.1) is 0 Å². The molecule has 2 atom stereocenters. The molecule has 1 aliphatic rings. The van der Waals surface area contributed by atoms with E-state index in [9.17, 15) is 35.9 Å². The van der Waals surface area contributed by atoms with Crippen molar-refractivity contribution in [1.82, 2.24) is 4.90 Å². The fourth-order valence-corrected chi connectivity index (χ4v) is 2.56. The van der Waals surface area contributed by atoms with Crippen LogP contribution in [0.15, 0.2) is 24.3 Å². The minimum atomic E-state index is -4.83. The standard InChI is InChI=1S/C14H11F6NO3/c15-13(16,17)8-3-1-2-7(4-8)11(22)21-5-9(12(23)24)10(6-21)14(18,19)20/h1-4,9-10H,5-6H2,(H,23,24)/t9-,10-/m1/s1. The molecule has 1 N–H and O–H groups in total. The number of carboxylic acid groups (broad SMARTS) is 1. The number of hydrogen-bond donors (Lipinski definition) is 1. The van der Waals surface area contributed by atoms with Crippen LogP contribution in [0.25, 0.3) is 0 Å². The summed E-state index contributed by atoms with van der Waals surface area (Å²) in [7, 11) is 0. The Hall–Kier alpha value is -2.26. The number of halogens is 6. The van der Waals surface area contributed by atoms with Crippen LogP contribution in [0.3, 0.4) is 0 Å². The Balaban J connectivity index is 2.27. The molecule has 0 radical (unpaired) electrons. The summed E-state index contributed by atoms with van der Waals surface area (Å²) in [6, 6.07) is 3.24. The number of carbonyl (C=O) groups is 2. The predicted molar refractivity (Wildman–Crippen MR) is 68.0 cm³/mol. The predicted octanol–water partition coefficient (Wildman–Crippen LogP) is 3.04. The van der Waals surface area contributed by atoms with Gasteiger partial charge in [0.05, 0.1) is 17.4 Å². The molecule has 1 aromatic rings. The Kier molecular flexibility index (Phi) is 4.51. The van der Waals surface area contributed by atoms with Crippen LogP contribution in [-0.4, -0.2) is 41.1 Å². The van der Waals surface area contributed by atoms with Crippen molar-refractivity contribution >= 4 is 11.9 Å². The lowest BCUT2D eigenvalue weighted by molar-refractivity contribution is -0.187. The number of amides is 1. The molecule has 0 spiro atoms. The minimum Gasteiger partial charge on any atom is -0.481 e. The molecule has 4 nitrogen and oxygen atoms in total. The van der Waals surface area contributed by atoms with Gasteiger partial charge in [0.2, 0.25) is 0 Å². The molecule has 0 unspecified atom stereocenters. The number of rotatable bonds is 2. The van der Waals surface area contributed by atoms with Crippen LogP contribution in [0.5, 0.6) is 0 Å². The normalized spacial score (nSPS) is 21.8. The van der Waals surface area contributed by atoms with Gasteiger partial charge in [0.15, 0.2) is 0 Å². The van der Waals surface area contributed by atoms with Crippen molar-refractivity contribution in [3.05, 3.63) is 35.4 Å². The van der Waals surface area contributed by atoms with E-state index in [2.05, 4.69) is 0 Å². The number of aliphatic carboxylic acids is 1. The maximum atomic E-state index is 12.9. The van der Waals surface area contributed by atoms with Gasteiger partial charge in [0, 0.05) is 18.7 Å². The van der Waals surface area contributed by atoms with Crippen LogP contribution in [0.4, 0.5) is 26.3 Å². The monoisotopic (exact) mass is 355 g/mol. The molecule has 1 heterocycles. The van der Waals surface area contributed by atoms with E-state index in [1.54, 1.807) is 0 Å². The van der Waals surface area contributed by atoms with Gasteiger partial charge in [-0.2, -0.15) is 26.3 Å². The minimum absolute atomic E-state index is 0.447. The van der Waals surface area contributed by atoms with Crippen molar-refractivity contribution in [3.8, 4) is 0 Å². The van der Waals surface area contributed by atoms with Gasteiger partial charge >= 0.3 is 18.3 Å². The first-order valence-corrected chi connectivity index (χ1v) is 6.67. The Morgan fingerprint density at radius 3 is 2.17 bits per heavy atom. The molecule has 0 aromatic heterocycles. The van der Waals surface area contributed by atoms with Gasteiger partial charge in [-0.1, -0.05) is 6.07 Å². The fourth-order valence-electron chi connectivity index (χ4n) is 2.56. The first kappa shape index (κ1) is 18.1. The van der Waals surface area contributed by atoms with Crippen molar-refractivity contribution < 1.29 is 41.0 Å². The zero-order chi connectivity index (χ0) is 18.3. The number of alkyl halides is 6. The van der Waals surface area contributed by atoms with Gasteiger partial charge in [0.1, 0.15) is 0 Å². The quantitative estimate of drug-likeness (QED) is 0.830. The highest BCUT2D eigenvalue weighted by molar-refractivity contribution is 5.95. The summed E-state index contributed by atoms with van der Waals surface area (Å²) in [6.45, 7) is -1.62. The highest BCUT2D eigenvalue weighted by Gasteiger charge is 2.53. The molecule has 132 valence electrons. The summed E-state index contributed by atoms with van der Waals surface area (Å²) in [5, 5.41) is 8.88. The Labute approximate surface area is 131 Å². The number of nitrogens with zero attached hydrogens (tertiary/aromatic N) is 1. The molecule has 0 saturated carbocycles. The lowest BCUT2D eigenvalue weighted by Gasteiger charge is -2.18. The van der Waals surface area contributed by atoms with E-state index in [0.717, 1.165) is 18.2 Å². The van der Waals surface area contributed by atoms with Crippen LogP contribution in [0, 0.1) is 11.8 Å². The largest absolute Gasteiger partial charge is 0.481 e. The molecule has 10 heteroatoms. The second-order valence-corrected chi connectivity index (χ2v) is 5.38. The Morgan fingerprint density at radius 1 is 1.08 bits per heavy atom. The number of carbonyl (C=O) groups excluding carboxylic acids is 1. The average molecular weight is 355 g/mol. The smallest absolute Gasteiger partial charge is 0.416 e. The molecule has 1 amide bonds. The van der Waals surface area contributed by atoms with E-state index >= 15 is 0 Å². The highest BCUT2D eigenvalue weighted by Crippen LogP contribution is 2.38. The third-order valence-electron chi connectivity index (χ3n) is 3.78. The van der Waals surface area contributed by atoms with Crippen molar-refractivity contribution in [2.45, 2.75) is 12.4 Å². The average Bonchev–Trinajstić information content (AvgIpc) is 2.91. The molecule has 0 bridgehead atoms. The van der Waals surface area contributed by atoms with E-state index in [4.69, 9.17) is 5.11 Å². The summed E-state index contributed by atoms with van der Waals surface area (Å²) in [6.07, 6.45) is -9.54. The molecule has 1 fully saturated rings. The topological polar surface area (TPSA) is 57.6 Å². The van der Waals surface area contributed by atoms with E-state index in [0.29, 0.717) is 11.0 Å². The maximum Gasteiger partial charge on any atom is 0.416 e. The van der Waals surface area contributed by atoms with E-state index in [1.807, 2.05) is 0 Å². The van der Waals surface area contributed by atoms with Gasteiger partial charge in [-0.05, 0) is 18.2 Å². The second-order valence-electron chi connectivity index (χ2n) is 5.38. The van der Waals surface area contributed by atoms with Gasteiger partial charge in [-0.25, -0.2) is 0 Å². The highest BCUT2D eigenvalue weighted by atomic mass is 19.4. The number of hydrogen-bond acceptors (Lipinski definition) is 2. The third-order valence-corrected chi connectivity index (χ3v) is 3.78. The summed E-state index contributed by atoms with van der Waals surface area (Å²) in [4.78, 5) is 23.7.